The molecule has 0 saturated heterocycles. The number of ether oxygens (including phenoxy) is 1. The summed E-state index contributed by atoms with van der Waals surface area (Å²) in [4.78, 5) is 4.75. The maximum atomic E-state index is 5.81. The summed E-state index contributed by atoms with van der Waals surface area (Å²) in [7, 11) is 0. The maximum absolute atomic E-state index is 5.81. The Bertz CT molecular complexity index is 791. The van der Waals surface area contributed by atoms with Crippen LogP contribution in [0.25, 0.3) is 11.0 Å². The number of benzene rings is 2. The smallest absolute Gasteiger partial charge is 0.122 e. The lowest BCUT2D eigenvalue weighted by Crippen LogP contribution is -2.12. The van der Waals surface area contributed by atoms with Crippen LogP contribution in [0.5, 0.6) is 5.75 Å². The first-order valence-electron chi connectivity index (χ1n) is 7.52. The molecular formula is C18H18N2O. The van der Waals surface area contributed by atoms with E-state index in [1.807, 2.05) is 12.1 Å². The van der Waals surface area contributed by atoms with Gasteiger partial charge in [0.25, 0.3) is 0 Å². The van der Waals surface area contributed by atoms with Gasteiger partial charge >= 0.3 is 0 Å². The molecule has 106 valence electrons. The van der Waals surface area contributed by atoms with Crippen molar-refractivity contribution in [3.05, 3.63) is 59.9 Å². The lowest BCUT2D eigenvalue weighted by atomic mass is 10.0. The van der Waals surface area contributed by atoms with E-state index in [0.717, 1.165) is 36.7 Å². The molecule has 3 heteroatoms. The van der Waals surface area contributed by atoms with E-state index in [1.165, 1.54) is 11.1 Å². The van der Waals surface area contributed by atoms with Crippen molar-refractivity contribution in [1.82, 2.24) is 9.55 Å². The number of nitrogens with zero attached hydrogens (tertiary/aromatic N) is 2. The Morgan fingerprint density at radius 3 is 2.86 bits per heavy atom. The minimum absolute atomic E-state index is 0.407. The second kappa shape index (κ2) is 4.92. The number of hydrogen-bond donors (Lipinski definition) is 0. The summed E-state index contributed by atoms with van der Waals surface area (Å²) in [5.74, 6) is 2.59. The van der Waals surface area contributed by atoms with Crippen LogP contribution in [0.3, 0.4) is 0 Å². The van der Waals surface area contributed by atoms with Gasteiger partial charge in [-0.1, -0.05) is 37.3 Å². The third kappa shape index (κ3) is 2.00. The van der Waals surface area contributed by atoms with E-state index in [0.29, 0.717) is 5.92 Å². The van der Waals surface area contributed by atoms with Crippen LogP contribution < -0.4 is 4.74 Å². The molecule has 1 unspecified atom stereocenters. The maximum Gasteiger partial charge on any atom is 0.122 e. The van der Waals surface area contributed by atoms with E-state index in [-0.39, 0.29) is 0 Å². The largest absolute Gasteiger partial charge is 0.493 e. The molecule has 0 aliphatic carbocycles. The zero-order valence-electron chi connectivity index (χ0n) is 12.1. The molecule has 1 aliphatic rings. The third-order valence-corrected chi connectivity index (χ3v) is 4.25. The number of aryl methyl sites for hydroxylation is 1. The fraction of sp³-hybridized carbons (Fsp3) is 0.278. The lowest BCUT2D eigenvalue weighted by Gasteiger charge is -2.13. The number of fused-ring (bicyclic) bond motifs is 2. The number of rotatable bonds is 3. The second-order valence-corrected chi connectivity index (χ2v) is 5.53. The predicted octanol–water partition coefficient (Wildman–Crippen LogP) is 3.77. The van der Waals surface area contributed by atoms with Crippen molar-refractivity contribution in [2.45, 2.75) is 25.8 Å². The Balaban J connectivity index is 1.75. The van der Waals surface area contributed by atoms with Crippen molar-refractivity contribution < 1.29 is 4.74 Å². The monoisotopic (exact) mass is 278 g/mol. The highest BCUT2D eigenvalue weighted by Gasteiger charge is 2.25. The highest BCUT2D eigenvalue weighted by atomic mass is 16.5. The molecule has 0 bridgehead atoms. The molecule has 2 heterocycles. The highest BCUT2D eigenvalue weighted by molar-refractivity contribution is 5.76. The molecule has 2 aromatic carbocycles. The number of para-hydroxylation sites is 3. The van der Waals surface area contributed by atoms with Crippen LogP contribution >= 0.6 is 0 Å². The van der Waals surface area contributed by atoms with E-state index in [1.54, 1.807) is 0 Å². The predicted molar refractivity (Wildman–Crippen MR) is 83.8 cm³/mol. The van der Waals surface area contributed by atoms with E-state index in [2.05, 4.69) is 47.9 Å². The van der Waals surface area contributed by atoms with Crippen LogP contribution in [0.4, 0.5) is 0 Å². The Hall–Kier alpha value is -2.29. The van der Waals surface area contributed by atoms with Crippen LogP contribution in [0.15, 0.2) is 48.5 Å². The minimum atomic E-state index is 0.407. The summed E-state index contributed by atoms with van der Waals surface area (Å²) < 4.78 is 8.16. The molecular weight excluding hydrogens is 260 g/mol. The molecule has 1 aliphatic heterocycles. The molecule has 0 radical (unpaired) electrons. The third-order valence-electron chi connectivity index (χ3n) is 4.25. The van der Waals surface area contributed by atoms with Gasteiger partial charge in [0.1, 0.15) is 11.6 Å². The van der Waals surface area contributed by atoms with Crippen molar-refractivity contribution in [1.29, 1.82) is 0 Å². The van der Waals surface area contributed by atoms with Crippen LogP contribution in [-0.2, 0) is 13.0 Å². The standard InChI is InChI=1S/C18H18N2O/c1-2-18-19-15-8-4-5-9-16(15)20(18)11-13-12-21-17-10-6-3-7-14(13)17/h3-10,13H,2,11-12H2,1H3. The van der Waals surface area contributed by atoms with Gasteiger partial charge in [0.15, 0.2) is 0 Å². The minimum Gasteiger partial charge on any atom is -0.493 e. The average molecular weight is 278 g/mol. The van der Waals surface area contributed by atoms with Crippen molar-refractivity contribution in [2.24, 2.45) is 0 Å². The van der Waals surface area contributed by atoms with Gasteiger partial charge in [-0.25, -0.2) is 4.98 Å². The van der Waals surface area contributed by atoms with Crippen molar-refractivity contribution in [2.75, 3.05) is 6.61 Å². The fourth-order valence-corrected chi connectivity index (χ4v) is 3.20. The van der Waals surface area contributed by atoms with Gasteiger partial charge in [-0.05, 0) is 18.2 Å². The molecule has 1 aromatic heterocycles. The van der Waals surface area contributed by atoms with Crippen LogP contribution in [0, 0.1) is 0 Å². The Morgan fingerprint density at radius 2 is 1.95 bits per heavy atom. The lowest BCUT2D eigenvalue weighted by molar-refractivity contribution is 0.319. The van der Waals surface area contributed by atoms with Gasteiger partial charge in [0.05, 0.1) is 17.6 Å². The summed E-state index contributed by atoms with van der Waals surface area (Å²) in [6.45, 7) is 3.85. The molecule has 3 nitrogen and oxygen atoms in total. The van der Waals surface area contributed by atoms with E-state index in [4.69, 9.17) is 9.72 Å². The average Bonchev–Trinajstić information content (AvgIpc) is 3.10. The zero-order valence-corrected chi connectivity index (χ0v) is 12.1. The first-order chi connectivity index (χ1) is 10.4. The van der Waals surface area contributed by atoms with E-state index < -0.39 is 0 Å². The van der Waals surface area contributed by atoms with Crippen molar-refractivity contribution in [3.63, 3.8) is 0 Å². The van der Waals surface area contributed by atoms with Gasteiger partial charge < -0.3 is 9.30 Å². The fourth-order valence-electron chi connectivity index (χ4n) is 3.20. The number of aromatic nitrogens is 2. The Labute approximate surface area is 124 Å². The van der Waals surface area contributed by atoms with Crippen LogP contribution in [0.2, 0.25) is 0 Å². The first kappa shape index (κ1) is 12.5. The SMILES string of the molecule is CCc1nc2ccccc2n1CC1COc2ccccc21. The van der Waals surface area contributed by atoms with Crippen LogP contribution in [0.1, 0.15) is 24.2 Å². The summed E-state index contributed by atoms with van der Waals surface area (Å²) in [5.41, 5.74) is 3.62. The molecule has 3 aromatic rings. The molecule has 4 rings (SSSR count). The summed E-state index contributed by atoms with van der Waals surface area (Å²) in [6.07, 6.45) is 0.948. The molecule has 0 saturated carbocycles. The molecule has 0 fully saturated rings. The highest BCUT2D eigenvalue weighted by Crippen LogP contribution is 2.35. The molecule has 0 spiro atoms. The van der Waals surface area contributed by atoms with Gasteiger partial charge in [-0.15, -0.1) is 0 Å². The number of hydrogen-bond acceptors (Lipinski definition) is 2. The van der Waals surface area contributed by atoms with Gasteiger partial charge in [0.2, 0.25) is 0 Å². The summed E-state index contributed by atoms with van der Waals surface area (Å²) in [6, 6.07) is 16.7. The van der Waals surface area contributed by atoms with E-state index in [9.17, 15) is 0 Å². The van der Waals surface area contributed by atoms with Gasteiger partial charge in [-0.2, -0.15) is 0 Å². The normalized spacial score (nSPS) is 16.9. The Kier molecular flexibility index (Phi) is 2.92. The number of imidazole rings is 1. The van der Waals surface area contributed by atoms with Crippen LogP contribution in [-0.4, -0.2) is 16.2 Å². The second-order valence-electron chi connectivity index (χ2n) is 5.53. The molecule has 1 atom stereocenters. The van der Waals surface area contributed by atoms with Crippen molar-refractivity contribution in [3.8, 4) is 5.75 Å². The molecule has 0 amide bonds. The summed E-state index contributed by atoms with van der Waals surface area (Å²) >= 11 is 0. The first-order valence-corrected chi connectivity index (χ1v) is 7.52. The molecule has 0 N–H and O–H groups in total. The Morgan fingerprint density at radius 1 is 1.14 bits per heavy atom. The topological polar surface area (TPSA) is 27.1 Å². The zero-order chi connectivity index (χ0) is 14.2. The quantitative estimate of drug-likeness (QED) is 0.729. The summed E-state index contributed by atoms with van der Waals surface area (Å²) in [5, 5.41) is 0. The van der Waals surface area contributed by atoms with Crippen molar-refractivity contribution >= 4 is 11.0 Å². The van der Waals surface area contributed by atoms with E-state index >= 15 is 0 Å². The molecule has 21 heavy (non-hydrogen) atoms. The van der Waals surface area contributed by atoms with Gasteiger partial charge in [0, 0.05) is 24.4 Å². The van der Waals surface area contributed by atoms with Gasteiger partial charge in [-0.3, -0.25) is 0 Å².